The lowest BCUT2D eigenvalue weighted by atomic mass is 10.2. The molecule has 0 saturated heterocycles. The molecule has 0 spiro atoms. The van der Waals surface area contributed by atoms with Crippen LogP contribution in [0.3, 0.4) is 0 Å². The topological polar surface area (TPSA) is 67.6 Å². The molecule has 0 aromatic carbocycles. The number of carbonyl (C=O) groups excluding carboxylic acids is 1. The van der Waals surface area contributed by atoms with E-state index in [2.05, 4.69) is 23.6 Å². The molecule has 1 rings (SSSR count). The van der Waals surface area contributed by atoms with Gasteiger partial charge in [-0.2, -0.15) is 0 Å². The van der Waals surface area contributed by atoms with Crippen molar-refractivity contribution in [1.29, 1.82) is 0 Å². The van der Waals surface area contributed by atoms with Crippen molar-refractivity contribution in [2.75, 3.05) is 13.1 Å². The van der Waals surface area contributed by atoms with E-state index in [-0.39, 0.29) is 5.97 Å². The molecule has 5 nitrogen and oxygen atoms in total. The highest BCUT2D eigenvalue weighted by Gasteiger charge is 2.29. The number of hydrogen-bond acceptors (Lipinski definition) is 5. The third-order valence-electron chi connectivity index (χ3n) is 2.44. The molecule has 15 heavy (non-hydrogen) atoms. The number of nitrogens with two attached hydrogens (primary N) is 1. The minimum atomic E-state index is -0.299. The Morgan fingerprint density at radius 1 is 1.60 bits per heavy atom. The summed E-state index contributed by atoms with van der Waals surface area (Å²) in [6.45, 7) is 6.20. The zero-order valence-electron chi connectivity index (χ0n) is 9.53. The second kappa shape index (κ2) is 6.05. The Bertz CT molecular complexity index is 205. The molecule has 88 valence electrons. The van der Waals surface area contributed by atoms with Gasteiger partial charge in [-0.05, 0) is 18.8 Å². The predicted molar refractivity (Wildman–Crippen MR) is 57.5 cm³/mol. The van der Waals surface area contributed by atoms with Gasteiger partial charge in [-0.15, -0.1) is 0 Å². The van der Waals surface area contributed by atoms with Crippen LogP contribution in [-0.4, -0.2) is 30.0 Å². The highest BCUT2D eigenvalue weighted by atomic mass is 16.7. The molecule has 0 atom stereocenters. The SMILES string of the molecule is CC(C)CN(CCC(=O)ONN)C1CC1. The van der Waals surface area contributed by atoms with E-state index in [4.69, 9.17) is 5.84 Å². The first-order valence-electron chi connectivity index (χ1n) is 5.52. The maximum atomic E-state index is 11.1. The van der Waals surface area contributed by atoms with Gasteiger partial charge in [-0.25, -0.2) is 5.84 Å². The lowest BCUT2D eigenvalue weighted by molar-refractivity contribution is -0.151. The van der Waals surface area contributed by atoms with Gasteiger partial charge in [0.15, 0.2) is 0 Å². The number of nitrogens with zero attached hydrogens (tertiary/aromatic N) is 1. The van der Waals surface area contributed by atoms with Gasteiger partial charge >= 0.3 is 5.97 Å². The van der Waals surface area contributed by atoms with Crippen LogP contribution in [0.1, 0.15) is 33.1 Å². The Hall–Kier alpha value is -0.650. The highest BCUT2D eigenvalue weighted by Crippen LogP contribution is 2.27. The molecule has 3 N–H and O–H groups in total. The van der Waals surface area contributed by atoms with Crippen molar-refractivity contribution in [2.45, 2.75) is 39.2 Å². The van der Waals surface area contributed by atoms with Crippen LogP contribution < -0.4 is 11.4 Å². The first kappa shape index (κ1) is 12.4. The average Bonchev–Trinajstić information content (AvgIpc) is 2.95. The summed E-state index contributed by atoms with van der Waals surface area (Å²) < 4.78 is 0. The van der Waals surface area contributed by atoms with E-state index in [9.17, 15) is 4.79 Å². The monoisotopic (exact) mass is 215 g/mol. The van der Waals surface area contributed by atoms with Crippen LogP contribution in [-0.2, 0) is 9.63 Å². The molecule has 1 saturated carbocycles. The second-order valence-electron chi connectivity index (χ2n) is 4.46. The Kier molecular flexibility index (Phi) is 5.01. The van der Waals surface area contributed by atoms with E-state index >= 15 is 0 Å². The maximum absolute atomic E-state index is 11.1. The normalized spacial score (nSPS) is 16.1. The molecular weight excluding hydrogens is 194 g/mol. The van der Waals surface area contributed by atoms with Gasteiger partial charge in [0, 0.05) is 19.1 Å². The lowest BCUT2D eigenvalue weighted by Crippen LogP contribution is -2.34. The molecule has 0 bridgehead atoms. The highest BCUT2D eigenvalue weighted by molar-refractivity contribution is 5.69. The Labute approximate surface area is 90.9 Å². The first-order chi connectivity index (χ1) is 7.13. The van der Waals surface area contributed by atoms with E-state index in [0.29, 0.717) is 18.4 Å². The van der Waals surface area contributed by atoms with Crippen LogP contribution in [0.4, 0.5) is 0 Å². The number of nitrogens with one attached hydrogen (secondary N) is 1. The third-order valence-corrected chi connectivity index (χ3v) is 2.44. The van der Waals surface area contributed by atoms with Crippen LogP contribution >= 0.6 is 0 Å². The van der Waals surface area contributed by atoms with Gasteiger partial charge in [0.2, 0.25) is 0 Å². The van der Waals surface area contributed by atoms with Crippen molar-refractivity contribution in [3.8, 4) is 0 Å². The number of hydrazine groups is 1. The van der Waals surface area contributed by atoms with Crippen molar-refractivity contribution >= 4 is 5.97 Å². The van der Waals surface area contributed by atoms with E-state index in [1.165, 1.54) is 12.8 Å². The van der Waals surface area contributed by atoms with Crippen LogP contribution in [0.15, 0.2) is 0 Å². The summed E-state index contributed by atoms with van der Waals surface area (Å²) in [5.74, 6) is 5.22. The van der Waals surface area contributed by atoms with Crippen molar-refractivity contribution < 1.29 is 9.63 Å². The quantitative estimate of drug-likeness (QED) is 0.476. The summed E-state index contributed by atoms with van der Waals surface area (Å²) in [4.78, 5) is 17.9. The van der Waals surface area contributed by atoms with Crippen molar-refractivity contribution in [3.63, 3.8) is 0 Å². The predicted octanol–water partition coefficient (Wildman–Crippen LogP) is 0.418. The van der Waals surface area contributed by atoms with Gasteiger partial charge in [-0.1, -0.05) is 19.4 Å². The molecule has 1 aliphatic rings. The summed E-state index contributed by atoms with van der Waals surface area (Å²) in [6.07, 6.45) is 2.92. The van der Waals surface area contributed by atoms with E-state index in [1.807, 2.05) is 5.59 Å². The molecule has 5 heteroatoms. The van der Waals surface area contributed by atoms with Gasteiger partial charge in [0.05, 0.1) is 6.42 Å². The summed E-state index contributed by atoms with van der Waals surface area (Å²) in [5.41, 5.74) is 1.91. The van der Waals surface area contributed by atoms with Crippen molar-refractivity contribution in [3.05, 3.63) is 0 Å². The van der Waals surface area contributed by atoms with Crippen molar-refractivity contribution in [2.24, 2.45) is 11.8 Å². The van der Waals surface area contributed by atoms with Gasteiger partial charge in [-0.3, -0.25) is 9.69 Å². The fraction of sp³-hybridized carbons (Fsp3) is 0.900. The molecule has 1 aliphatic carbocycles. The second-order valence-corrected chi connectivity index (χ2v) is 4.46. The fourth-order valence-electron chi connectivity index (χ4n) is 1.68. The van der Waals surface area contributed by atoms with Gasteiger partial charge < -0.3 is 4.84 Å². The average molecular weight is 215 g/mol. The minimum absolute atomic E-state index is 0.299. The number of rotatable bonds is 7. The lowest BCUT2D eigenvalue weighted by Gasteiger charge is -2.23. The number of carbonyl (C=O) groups is 1. The minimum Gasteiger partial charge on any atom is -0.356 e. The van der Waals surface area contributed by atoms with Gasteiger partial charge in [0.1, 0.15) is 0 Å². The maximum Gasteiger partial charge on any atom is 0.327 e. The molecule has 0 amide bonds. The van der Waals surface area contributed by atoms with E-state index in [1.54, 1.807) is 0 Å². The third kappa shape index (κ3) is 5.11. The fourth-order valence-corrected chi connectivity index (χ4v) is 1.68. The van der Waals surface area contributed by atoms with E-state index in [0.717, 1.165) is 13.1 Å². The number of hydrogen-bond donors (Lipinski definition) is 2. The van der Waals surface area contributed by atoms with Crippen LogP contribution in [0.2, 0.25) is 0 Å². The van der Waals surface area contributed by atoms with Crippen molar-refractivity contribution in [1.82, 2.24) is 10.5 Å². The first-order valence-corrected chi connectivity index (χ1v) is 5.52. The largest absolute Gasteiger partial charge is 0.356 e. The standard InChI is InChI=1S/C10H21N3O2/c1-8(2)7-13(9-3-4-9)6-5-10(14)15-12-11/h8-9,12H,3-7,11H2,1-2H3. The summed E-state index contributed by atoms with van der Waals surface area (Å²) in [7, 11) is 0. The summed E-state index contributed by atoms with van der Waals surface area (Å²) in [5, 5.41) is 0. The molecule has 0 heterocycles. The summed E-state index contributed by atoms with van der Waals surface area (Å²) >= 11 is 0. The van der Waals surface area contributed by atoms with Crippen LogP contribution in [0, 0.1) is 5.92 Å². The Morgan fingerprint density at radius 2 is 2.27 bits per heavy atom. The molecule has 0 radical (unpaired) electrons. The molecule has 0 unspecified atom stereocenters. The van der Waals surface area contributed by atoms with Gasteiger partial charge in [0.25, 0.3) is 0 Å². The zero-order chi connectivity index (χ0) is 11.3. The molecule has 1 fully saturated rings. The molecular formula is C10H21N3O2. The zero-order valence-corrected chi connectivity index (χ0v) is 9.53. The van der Waals surface area contributed by atoms with E-state index < -0.39 is 0 Å². The summed E-state index contributed by atoms with van der Waals surface area (Å²) in [6, 6.07) is 0.686. The molecule has 0 aliphatic heterocycles. The smallest absolute Gasteiger partial charge is 0.327 e. The van der Waals surface area contributed by atoms with Crippen LogP contribution in [0.5, 0.6) is 0 Å². The molecule has 0 aromatic rings. The van der Waals surface area contributed by atoms with Crippen LogP contribution in [0.25, 0.3) is 0 Å². The Morgan fingerprint density at radius 3 is 2.73 bits per heavy atom. The Balaban J connectivity index is 2.22. The molecule has 0 aromatic heterocycles.